The molecule has 0 spiro atoms. The summed E-state index contributed by atoms with van der Waals surface area (Å²) < 4.78 is 58.9. The van der Waals surface area contributed by atoms with Gasteiger partial charge in [0.05, 0.1) is 0 Å². The van der Waals surface area contributed by atoms with Crippen LogP contribution in [0.15, 0.2) is 41.3 Å². The lowest BCUT2D eigenvalue weighted by Crippen LogP contribution is -2.21. The van der Waals surface area contributed by atoms with Crippen molar-refractivity contribution >= 4 is 31.8 Å². The number of alkyl halides is 3. The van der Waals surface area contributed by atoms with Crippen LogP contribution in [0.1, 0.15) is 0 Å². The molecule has 0 saturated carbocycles. The van der Waals surface area contributed by atoms with Crippen LogP contribution in [0.2, 0.25) is 0 Å². The predicted octanol–water partition coefficient (Wildman–Crippen LogP) is 2.83. The van der Waals surface area contributed by atoms with Crippen molar-refractivity contribution in [1.29, 1.82) is 0 Å². The zero-order valence-corrected chi connectivity index (χ0v) is 13.2. The maximum Gasteiger partial charge on any atom is 0.485 e. The first kappa shape index (κ1) is 18.6. The molecule has 0 radical (unpaired) electrons. The molecule has 0 fully saturated rings. The molecule has 2 rings (SSSR count). The summed E-state index contributed by atoms with van der Waals surface area (Å²) in [5.41, 5.74) is -5.65. The van der Waals surface area contributed by atoms with Crippen LogP contribution in [-0.4, -0.2) is 36.1 Å². The van der Waals surface area contributed by atoms with E-state index >= 15 is 0 Å². The molecule has 0 atom stereocenters. The van der Waals surface area contributed by atoms with Crippen molar-refractivity contribution < 1.29 is 31.2 Å². The number of hydrogen-bond acceptors (Lipinski definition) is 4. The van der Waals surface area contributed by atoms with E-state index in [-0.39, 0.29) is 10.9 Å². The molecular formula is C13H13F3O4S2. The van der Waals surface area contributed by atoms with Crippen molar-refractivity contribution in [2.75, 3.05) is 12.5 Å². The van der Waals surface area contributed by atoms with E-state index in [0.717, 1.165) is 5.39 Å². The molecule has 0 amide bonds. The number of aromatic hydroxyl groups is 1. The summed E-state index contributed by atoms with van der Waals surface area (Å²) in [6, 6.07) is 11.8. The quantitative estimate of drug-likeness (QED) is 0.485. The first-order valence-electron chi connectivity index (χ1n) is 5.75. The van der Waals surface area contributed by atoms with Crippen molar-refractivity contribution in [1.82, 2.24) is 0 Å². The van der Waals surface area contributed by atoms with Gasteiger partial charge in [-0.1, -0.05) is 18.2 Å². The highest BCUT2D eigenvalue weighted by Gasteiger charge is 2.36. The highest BCUT2D eigenvalue weighted by molar-refractivity contribution is 7.95. The van der Waals surface area contributed by atoms with Gasteiger partial charge in [-0.3, -0.25) is 0 Å². The Morgan fingerprint density at radius 2 is 1.50 bits per heavy atom. The second kappa shape index (κ2) is 6.76. The molecule has 0 unspecified atom stereocenters. The molecule has 0 aromatic heterocycles. The van der Waals surface area contributed by atoms with Crippen LogP contribution in [0.5, 0.6) is 5.75 Å². The minimum Gasteiger partial charge on any atom is -0.741 e. The van der Waals surface area contributed by atoms with Gasteiger partial charge in [-0.15, -0.1) is 0 Å². The van der Waals surface area contributed by atoms with E-state index in [9.17, 15) is 18.3 Å². The monoisotopic (exact) mass is 354 g/mol. The Morgan fingerprint density at radius 1 is 1.05 bits per heavy atom. The van der Waals surface area contributed by atoms with Crippen molar-refractivity contribution in [2.45, 2.75) is 10.4 Å². The van der Waals surface area contributed by atoms with Gasteiger partial charge in [0.25, 0.3) is 0 Å². The van der Waals surface area contributed by atoms with Gasteiger partial charge in [-0.05, 0) is 18.2 Å². The van der Waals surface area contributed by atoms with Crippen LogP contribution >= 0.6 is 0 Å². The number of benzene rings is 2. The fourth-order valence-corrected chi connectivity index (χ4v) is 2.57. The fraction of sp³-hybridized carbons (Fsp3) is 0.231. The Balaban J connectivity index is 0.000000261. The predicted molar refractivity (Wildman–Crippen MR) is 78.8 cm³/mol. The normalized spacial score (nSPS) is 12.1. The highest BCUT2D eigenvalue weighted by atomic mass is 32.2. The van der Waals surface area contributed by atoms with E-state index in [1.807, 2.05) is 24.3 Å². The molecule has 4 nitrogen and oxygen atoms in total. The van der Waals surface area contributed by atoms with Crippen LogP contribution in [0.4, 0.5) is 13.2 Å². The van der Waals surface area contributed by atoms with E-state index in [2.05, 4.69) is 18.6 Å². The summed E-state index contributed by atoms with van der Waals surface area (Å²) in [6.45, 7) is 0. The fourth-order valence-electron chi connectivity index (χ4n) is 1.61. The summed E-state index contributed by atoms with van der Waals surface area (Å²) in [5, 5.41) is 11.8. The zero-order valence-electron chi connectivity index (χ0n) is 11.6. The molecule has 22 heavy (non-hydrogen) atoms. The van der Waals surface area contributed by atoms with Gasteiger partial charge >= 0.3 is 5.51 Å². The van der Waals surface area contributed by atoms with Gasteiger partial charge in [0.2, 0.25) is 0 Å². The number of hydrogen-bond donors (Lipinski definition) is 1. The summed E-state index contributed by atoms with van der Waals surface area (Å²) in [7, 11) is -5.86. The van der Waals surface area contributed by atoms with Crippen LogP contribution in [0, 0.1) is 0 Å². The number of rotatable bonds is 1. The Hall–Kier alpha value is -1.45. The Kier molecular flexibility index (Phi) is 5.71. The minimum atomic E-state index is -6.09. The number of phenols is 1. The molecule has 2 aromatic rings. The molecule has 0 heterocycles. The van der Waals surface area contributed by atoms with Gasteiger partial charge in [0, 0.05) is 21.7 Å². The van der Waals surface area contributed by atoms with E-state index in [0.29, 0.717) is 5.75 Å². The van der Waals surface area contributed by atoms with Crippen molar-refractivity contribution in [3.63, 3.8) is 0 Å². The summed E-state index contributed by atoms with van der Waals surface area (Å²) >= 11 is 0. The van der Waals surface area contributed by atoms with E-state index in [4.69, 9.17) is 13.0 Å². The topological polar surface area (TPSA) is 77.4 Å². The van der Waals surface area contributed by atoms with Crippen molar-refractivity contribution in [3.8, 4) is 5.75 Å². The van der Waals surface area contributed by atoms with E-state index < -0.39 is 15.6 Å². The van der Waals surface area contributed by atoms with Crippen LogP contribution < -0.4 is 0 Å². The molecule has 0 bridgehead atoms. The van der Waals surface area contributed by atoms with Gasteiger partial charge in [0.1, 0.15) is 18.3 Å². The summed E-state index contributed by atoms with van der Waals surface area (Å²) in [5.74, 6) is 0.370. The summed E-state index contributed by atoms with van der Waals surface area (Å²) in [6.07, 6.45) is 4.39. The number of halogens is 3. The SMILES string of the molecule is C[S+](C)c1ccc(O)c2ccccc12.O=S(=O)([O-])C(F)(F)F. The van der Waals surface area contributed by atoms with Gasteiger partial charge in [0.15, 0.2) is 15.0 Å². The lowest BCUT2D eigenvalue weighted by Gasteiger charge is -2.08. The van der Waals surface area contributed by atoms with E-state index in [1.54, 1.807) is 6.07 Å². The van der Waals surface area contributed by atoms with Gasteiger partial charge in [-0.2, -0.15) is 13.2 Å². The molecule has 0 saturated heterocycles. The molecule has 122 valence electrons. The first-order chi connectivity index (χ1) is 9.95. The zero-order chi connectivity index (χ0) is 17.1. The lowest BCUT2D eigenvalue weighted by atomic mass is 10.1. The average molecular weight is 354 g/mol. The molecule has 0 aliphatic rings. The van der Waals surface area contributed by atoms with Gasteiger partial charge < -0.3 is 9.66 Å². The Labute approximate surface area is 128 Å². The number of phenolic OH excluding ortho intramolecular Hbond substituents is 1. The minimum absolute atomic E-state index is 0.227. The molecule has 0 aliphatic carbocycles. The summed E-state index contributed by atoms with van der Waals surface area (Å²) in [4.78, 5) is 1.32. The maximum atomic E-state index is 10.7. The third-order valence-electron chi connectivity index (χ3n) is 2.58. The second-order valence-electron chi connectivity index (χ2n) is 4.34. The third kappa shape index (κ3) is 4.52. The van der Waals surface area contributed by atoms with Crippen LogP contribution in [-0.2, 0) is 21.0 Å². The first-order valence-corrected chi connectivity index (χ1v) is 9.20. The highest BCUT2D eigenvalue weighted by Crippen LogP contribution is 2.29. The number of fused-ring (bicyclic) bond motifs is 1. The molecule has 9 heteroatoms. The second-order valence-corrected chi connectivity index (χ2v) is 7.79. The van der Waals surface area contributed by atoms with Crippen molar-refractivity contribution in [2.24, 2.45) is 0 Å². The van der Waals surface area contributed by atoms with E-state index in [1.165, 1.54) is 10.3 Å². The van der Waals surface area contributed by atoms with Crippen molar-refractivity contribution in [3.05, 3.63) is 36.4 Å². The molecular weight excluding hydrogens is 341 g/mol. The molecule has 0 aliphatic heterocycles. The third-order valence-corrected chi connectivity index (χ3v) is 4.39. The average Bonchev–Trinajstić information content (AvgIpc) is 2.37. The standard InChI is InChI=1S/C12H12OS.CHF3O3S/c1-14(2)12-8-7-11(13)9-5-3-4-6-10(9)12;2-1(3,4)8(5,6)7/h3-8H,1-2H3;(H,5,6,7). The lowest BCUT2D eigenvalue weighted by molar-refractivity contribution is -0.0517. The van der Waals surface area contributed by atoms with Gasteiger partial charge in [-0.25, -0.2) is 8.42 Å². The molecule has 2 aromatic carbocycles. The largest absolute Gasteiger partial charge is 0.741 e. The smallest absolute Gasteiger partial charge is 0.485 e. The Morgan fingerprint density at radius 3 is 1.91 bits per heavy atom. The van der Waals surface area contributed by atoms with Crippen LogP contribution in [0.25, 0.3) is 10.8 Å². The maximum absolute atomic E-state index is 10.7. The molecule has 1 N–H and O–H groups in total. The van der Waals surface area contributed by atoms with Crippen LogP contribution in [0.3, 0.4) is 0 Å². The Bertz CT molecular complexity index is 755.